The van der Waals surface area contributed by atoms with Crippen LogP contribution < -0.4 is 5.43 Å². The predicted octanol–water partition coefficient (Wildman–Crippen LogP) is 1.28. The molecule has 2 rings (SSSR count). The zero-order valence-corrected chi connectivity index (χ0v) is 8.19. The minimum absolute atomic E-state index is 0.178. The van der Waals surface area contributed by atoms with E-state index in [-0.39, 0.29) is 11.7 Å². The van der Waals surface area contributed by atoms with Gasteiger partial charge in [0, 0.05) is 0 Å². The number of aromatic hydroxyl groups is 1. The molecule has 0 fully saturated rings. The van der Waals surface area contributed by atoms with E-state index in [0.29, 0.717) is 11.3 Å². The van der Waals surface area contributed by atoms with E-state index in [0.717, 1.165) is 5.56 Å². The predicted molar refractivity (Wildman–Crippen MR) is 57.3 cm³/mol. The van der Waals surface area contributed by atoms with Crippen LogP contribution in [0.5, 0.6) is 5.75 Å². The molecule has 76 valence electrons. The number of nitrogens with one attached hydrogen (secondary N) is 1. The van der Waals surface area contributed by atoms with Crippen LogP contribution in [0.2, 0.25) is 0 Å². The van der Waals surface area contributed by atoms with E-state index in [4.69, 9.17) is 0 Å². The SMILES string of the molecule is CC1=NNC(=O)/C1=C/c1cccc(O)c1. The minimum atomic E-state index is -0.212. The van der Waals surface area contributed by atoms with Gasteiger partial charge in [-0.2, -0.15) is 5.10 Å². The largest absolute Gasteiger partial charge is 0.508 e. The number of phenolic OH excluding ortho intramolecular Hbond substituents is 1. The monoisotopic (exact) mass is 202 g/mol. The van der Waals surface area contributed by atoms with Crippen molar-refractivity contribution in [3.8, 4) is 5.75 Å². The molecule has 0 atom stereocenters. The Morgan fingerprint density at radius 1 is 1.47 bits per heavy atom. The zero-order chi connectivity index (χ0) is 10.8. The van der Waals surface area contributed by atoms with Gasteiger partial charge in [0.15, 0.2) is 0 Å². The molecular weight excluding hydrogens is 192 g/mol. The van der Waals surface area contributed by atoms with Crippen LogP contribution in [0.15, 0.2) is 34.9 Å². The molecule has 0 saturated carbocycles. The zero-order valence-electron chi connectivity index (χ0n) is 8.19. The summed E-state index contributed by atoms with van der Waals surface area (Å²) in [5.74, 6) is -0.0341. The van der Waals surface area contributed by atoms with Crippen molar-refractivity contribution in [2.24, 2.45) is 5.10 Å². The van der Waals surface area contributed by atoms with Gasteiger partial charge in [-0.05, 0) is 30.7 Å². The lowest BCUT2D eigenvalue weighted by Gasteiger charge is -1.97. The lowest BCUT2D eigenvalue weighted by molar-refractivity contribution is -0.116. The Labute approximate surface area is 86.9 Å². The van der Waals surface area contributed by atoms with Gasteiger partial charge in [0.05, 0.1) is 11.3 Å². The first kappa shape index (κ1) is 9.45. The molecule has 1 aromatic rings. The molecule has 0 aromatic heterocycles. The van der Waals surface area contributed by atoms with E-state index in [1.165, 1.54) is 0 Å². The molecule has 1 amide bonds. The van der Waals surface area contributed by atoms with E-state index in [1.54, 1.807) is 31.2 Å². The second-order valence-corrected chi connectivity index (χ2v) is 3.29. The van der Waals surface area contributed by atoms with Gasteiger partial charge in [-0.1, -0.05) is 12.1 Å². The maximum absolute atomic E-state index is 11.3. The highest BCUT2D eigenvalue weighted by atomic mass is 16.3. The lowest BCUT2D eigenvalue weighted by Crippen LogP contribution is -2.12. The highest BCUT2D eigenvalue weighted by Crippen LogP contribution is 2.16. The molecule has 1 aliphatic rings. The quantitative estimate of drug-likeness (QED) is 0.674. The van der Waals surface area contributed by atoms with Gasteiger partial charge in [-0.25, -0.2) is 5.43 Å². The van der Waals surface area contributed by atoms with Gasteiger partial charge in [-0.3, -0.25) is 4.79 Å². The third-order valence-electron chi connectivity index (χ3n) is 2.14. The second-order valence-electron chi connectivity index (χ2n) is 3.29. The summed E-state index contributed by atoms with van der Waals surface area (Å²) in [6.07, 6.45) is 1.70. The Balaban J connectivity index is 2.38. The smallest absolute Gasteiger partial charge is 0.273 e. The van der Waals surface area contributed by atoms with Crippen molar-refractivity contribution < 1.29 is 9.90 Å². The molecule has 4 nitrogen and oxygen atoms in total. The normalized spacial score (nSPS) is 17.8. The number of carbonyl (C=O) groups excluding carboxylic acids is 1. The number of hydrogen-bond acceptors (Lipinski definition) is 3. The number of nitrogens with zero attached hydrogens (tertiary/aromatic N) is 1. The van der Waals surface area contributed by atoms with Crippen LogP contribution >= 0.6 is 0 Å². The van der Waals surface area contributed by atoms with Gasteiger partial charge < -0.3 is 5.11 Å². The van der Waals surface area contributed by atoms with Crippen molar-refractivity contribution >= 4 is 17.7 Å². The fraction of sp³-hybridized carbons (Fsp3) is 0.0909. The number of amides is 1. The molecular formula is C11H10N2O2. The van der Waals surface area contributed by atoms with Crippen molar-refractivity contribution in [2.75, 3.05) is 0 Å². The van der Waals surface area contributed by atoms with Crippen LogP contribution in [-0.2, 0) is 4.79 Å². The summed E-state index contributed by atoms with van der Waals surface area (Å²) in [5, 5.41) is 13.1. The molecule has 1 heterocycles. The third-order valence-corrected chi connectivity index (χ3v) is 2.14. The molecule has 15 heavy (non-hydrogen) atoms. The van der Waals surface area contributed by atoms with Gasteiger partial charge in [0.1, 0.15) is 5.75 Å². The topological polar surface area (TPSA) is 61.7 Å². The van der Waals surface area contributed by atoms with Crippen molar-refractivity contribution in [2.45, 2.75) is 6.92 Å². The second kappa shape index (κ2) is 3.57. The van der Waals surface area contributed by atoms with Crippen LogP contribution in [0.3, 0.4) is 0 Å². The summed E-state index contributed by atoms with van der Waals surface area (Å²) in [7, 11) is 0. The van der Waals surface area contributed by atoms with E-state index in [9.17, 15) is 9.90 Å². The first-order chi connectivity index (χ1) is 7.16. The van der Waals surface area contributed by atoms with Crippen LogP contribution in [0, 0.1) is 0 Å². The van der Waals surface area contributed by atoms with Gasteiger partial charge in [-0.15, -0.1) is 0 Å². The van der Waals surface area contributed by atoms with Crippen LogP contribution in [-0.4, -0.2) is 16.7 Å². The van der Waals surface area contributed by atoms with Crippen LogP contribution in [0.4, 0.5) is 0 Å². The van der Waals surface area contributed by atoms with Gasteiger partial charge >= 0.3 is 0 Å². The average molecular weight is 202 g/mol. The average Bonchev–Trinajstić information content (AvgIpc) is 2.50. The van der Waals surface area contributed by atoms with Crippen molar-refractivity contribution in [1.82, 2.24) is 5.43 Å². The number of hydrazone groups is 1. The van der Waals surface area contributed by atoms with Gasteiger partial charge in [0.25, 0.3) is 5.91 Å². The molecule has 0 bridgehead atoms. The lowest BCUT2D eigenvalue weighted by atomic mass is 10.1. The summed E-state index contributed by atoms with van der Waals surface area (Å²) < 4.78 is 0. The molecule has 0 spiro atoms. The fourth-order valence-corrected chi connectivity index (χ4v) is 1.37. The highest BCUT2D eigenvalue weighted by Gasteiger charge is 2.18. The fourth-order valence-electron chi connectivity index (χ4n) is 1.37. The van der Waals surface area contributed by atoms with E-state index in [2.05, 4.69) is 10.5 Å². The minimum Gasteiger partial charge on any atom is -0.508 e. The van der Waals surface area contributed by atoms with Crippen molar-refractivity contribution in [1.29, 1.82) is 0 Å². The molecule has 1 aromatic carbocycles. The Kier molecular flexibility index (Phi) is 2.25. The Morgan fingerprint density at radius 2 is 2.27 bits per heavy atom. The van der Waals surface area contributed by atoms with E-state index >= 15 is 0 Å². The summed E-state index contributed by atoms with van der Waals surface area (Å²) in [4.78, 5) is 11.3. The van der Waals surface area contributed by atoms with Crippen molar-refractivity contribution in [3.05, 3.63) is 35.4 Å². The van der Waals surface area contributed by atoms with E-state index in [1.807, 2.05) is 6.07 Å². The summed E-state index contributed by atoms with van der Waals surface area (Å²) in [6.45, 7) is 1.76. The molecule has 0 radical (unpaired) electrons. The number of phenols is 1. The summed E-state index contributed by atoms with van der Waals surface area (Å²) in [6, 6.07) is 6.70. The first-order valence-corrected chi connectivity index (χ1v) is 4.52. The molecule has 4 heteroatoms. The summed E-state index contributed by atoms with van der Waals surface area (Å²) in [5.41, 5.74) is 4.33. The van der Waals surface area contributed by atoms with Crippen molar-refractivity contribution in [3.63, 3.8) is 0 Å². The third kappa shape index (κ3) is 1.88. The Morgan fingerprint density at radius 3 is 2.87 bits per heavy atom. The standard InChI is InChI=1S/C11H10N2O2/c1-7-10(11(15)13-12-7)6-8-3-2-4-9(14)5-8/h2-6,14H,1H3,(H,13,15)/b10-6+. The number of benzene rings is 1. The van der Waals surface area contributed by atoms with Crippen LogP contribution in [0.1, 0.15) is 12.5 Å². The number of rotatable bonds is 1. The van der Waals surface area contributed by atoms with Gasteiger partial charge in [0.2, 0.25) is 0 Å². The molecule has 0 saturated heterocycles. The number of carbonyl (C=O) groups is 1. The Hall–Kier alpha value is -2.10. The van der Waals surface area contributed by atoms with Crippen LogP contribution in [0.25, 0.3) is 6.08 Å². The molecule has 1 aliphatic heterocycles. The molecule has 0 unspecified atom stereocenters. The Bertz CT molecular complexity index is 475. The summed E-state index contributed by atoms with van der Waals surface area (Å²) >= 11 is 0. The maximum Gasteiger partial charge on any atom is 0.273 e. The molecule has 2 N–H and O–H groups in total. The van der Waals surface area contributed by atoms with E-state index < -0.39 is 0 Å². The maximum atomic E-state index is 11.3. The highest BCUT2D eigenvalue weighted by molar-refractivity contribution is 6.26. The molecule has 0 aliphatic carbocycles. The first-order valence-electron chi connectivity index (χ1n) is 4.52. The number of hydrogen-bond donors (Lipinski definition) is 2.